The third kappa shape index (κ3) is 6.18. The van der Waals surface area contributed by atoms with E-state index in [0.29, 0.717) is 16.9 Å². The van der Waals surface area contributed by atoms with Gasteiger partial charge >= 0.3 is 12.1 Å². The molecule has 0 aliphatic heterocycles. The van der Waals surface area contributed by atoms with Crippen molar-refractivity contribution in [3.05, 3.63) is 95.3 Å². The highest BCUT2D eigenvalue weighted by atomic mass is 19.4. The zero-order valence-electron chi connectivity index (χ0n) is 16.2. The Morgan fingerprint density at radius 2 is 1.68 bits per heavy atom. The second kappa shape index (κ2) is 9.47. The van der Waals surface area contributed by atoms with Crippen molar-refractivity contribution in [3.8, 4) is 16.9 Å². The molecule has 0 atom stereocenters. The van der Waals surface area contributed by atoms with Gasteiger partial charge in [-0.1, -0.05) is 36.4 Å². The quantitative estimate of drug-likeness (QED) is 0.452. The summed E-state index contributed by atoms with van der Waals surface area (Å²) in [5.41, 5.74) is 1.39. The van der Waals surface area contributed by atoms with E-state index < -0.39 is 29.9 Å². The first-order valence-electron chi connectivity index (χ1n) is 9.29. The number of halogens is 4. The van der Waals surface area contributed by atoms with Crippen LogP contribution in [0.4, 0.5) is 17.6 Å². The fourth-order valence-electron chi connectivity index (χ4n) is 2.93. The third-order valence-electron chi connectivity index (χ3n) is 4.45. The zero-order valence-corrected chi connectivity index (χ0v) is 16.2. The van der Waals surface area contributed by atoms with Crippen LogP contribution in [-0.4, -0.2) is 17.7 Å². The van der Waals surface area contributed by atoms with Gasteiger partial charge in [0.05, 0.1) is 12.0 Å². The molecule has 0 heterocycles. The monoisotopic (exact) mass is 430 g/mol. The molecule has 0 aliphatic rings. The second-order valence-electron chi connectivity index (χ2n) is 6.74. The van der Waals surface area contributed by atoms with Gasteiger partial charge in [0.15, 0.2) is 0 Å². The van der Waals surface area contributed by atoms with Gasteiger partial charge in [-0.25, -0.2) is 4.39 Å². The van der Waals surface area contributed by atoms with Crippen LogP contribution in [0.25, 0.3) is 17.2 Å². The van der Waals surface area contributed by atoms with Crippen LogP contribution in [0.15, 0.2) is 72.8 Å². The van der Waals surface area contributed by atoms with Crippen LogP contribution in [0.2, 0.25) is 0 Å². The first kappa shape index (κ1) is 22.1. The van der Waals surface area contributed by atoms with E-state index in [1.54, 1.807) is 42.5 Å². The molecule has 31 heavy (non-hydrogen) atoms. The predicted octanol–water partition coefficient (Wildman–Crippen LogP) is 6.23. The lowest BCUT2D eigenvalue weighted by Gasteiger charge is -2.09. The Labute approximate surface area is 176 Å². The van der Waals surface area contributed by atoms with E-state index in [0.717, 1.165) is 17.7 Å². The molecule has 3 aromatic rings. The molecule has 0 radical (unpaired) electrons. The average Bonchev–Trinajstić information content (AvgIpc) is 2.72. The van der Waals surface area contributed by atoms with E-state index in [4.69, 9.17) is 9.84 Å². The molecule has 3 aromatic carbocycles. The van der Waals surface area contributed by atoms with Gasteiger partial charge in [0.25, 0.3) is 0 Å². The Hall–Kier alpha value is -3.61. The number of benzene rings is 3. The smallest absolute Gasteiger partial charge is 0.416 e. The Balaban J connectivity index is 1.65. The molecule has 1 N–H and O–H groups in total. The SMILES string of the molecule is O=C(O)Cc1cc(-c2cccc(OC/C=C/c3ccc(C(F)(F)F)cc3)c2)ccc1F. The zero-order chi connectivity index (χ0) is 22.4. The molecule has 0 amide bonds. The van der Waals surface area contributed by atoms with Gasteiger partial charge in [-0.3, -0.25) is 4.79 Å². The topological polar surface area (TPSA) is 46.5 Å². The molecule has 0 aromatic heterocycles. The van der Waals surface area contributed by atoms with Crippen LogP contribution in [0.3, 0.4) is 0 Å². The summed E-state index contributed by atoms with van der Waals surface area (Å²) in [6, 6.07) is 16.1. The van der Waals surface area contributed by atoms with Gasteiger partial charge < -0.3 is 9.84 Å². The fraction of sp³-hybridized carbons (Fsp3) is 0.125. The molecule has 160 valence electrons. The van der Waals surface area contributed by atoms with E-state index in [9.17, 15) is 22.4 Å². The van der Waals surface area contributed by atoms with Crippen LogP contribution in [0.1, 0.15) is 16.7 Å². The van der Waals surface area contributed by atoms with Crippen LogP contribution in [-0.2, 0) is 17.4 Å². The van der Waals surface area contributed by atoms with E-state index in [-0.39, 0.29) is 12.2 Å². The van der Waals surface area contributed by atoms with Crippen molar-refractivity contribution in [2.75, 3.05) is 6.61 Å². The average molecular weight is 430 g/mol. The number of carbonyl (C=O) groups is 1. The molecule has 3 rings (SSSR count). The van der Waals surface area contributed by atoms with Crippen LogP contribution >= 0.6 is 0 Å². The minimum absolute atomic E-state index is 0.0933. The van der Waals surface area contributed by atoms with Crippen LogP contribution in [0.5, 0.6) is 5.75 Å². The maximum atomic E-state index is 13.8. The highest BCUT2D eigenvalue weighted by Crippen LogP contribution is 2.29. The lowest BCUT2D eigenvalue weighted by atomic mass is 10.0. The van der Waals surface area contributed by atoms with Gasteiger partial charge in [0, 0.05) is 0 Å². The van der Waals surface area contributed by atoms with Gasteiger partial charge in [-0.15, -0.1) is 0 Å². The summed E-state index contributed by atoms with van der Waals surface area (Å²) in [5.74, 6) is -1.15. The van der Waals surface area contributed by atoms with Crippen molar-refractivity contribution in [3.63, 3.8) is 0 Å². The molecule has 0 bridgehead atoms. The Kier molecular flexibility index (Phi) is 6.74. The summed E-state index contributed by atoms with van der Waals surface area (Å²) in [7, 11) is 0. The number of alkyl halides is 3. The van der Waals surface area contributed by atoms with Crippen molar-refractivity contribution in [2.45, 2.75) is 12.6 Å². The number of hydrogen-bond acceptors (Lipinski definition) is 2. The number of ether oxygens (including phenoxy) is 1. The molecule has 0 spiro atoms. The predicted molar refractivity (Wildman–Crippen MR) is 109 cm³/mol. The first-order chi connectivity index (χ1) is 14.7. The van der Waals surface area contributed by atoms with Crippen molar-refractivity contribution < 1.29 is 32.2 Å². The number of hydrogen-bond donors (Lipinski definition) is 1. The van der Waals surface area contributed by atoms with Gasteiger partial charge in [0.2, 0.25) is 0 Å². The fourth-order valence-corrected chi connectivity index (χ4v) is 2.93. The van der Waals surface area contributed by atoms with E-state index in [1.165, 1.54) is 24.3 Å². The lowest BCUT2D eigenvalue weighted by Crippen LogP contribution is -2.03. The Morgan fingerprint density at radius 1 is 0.968 bits per heavy atom. The third-order valence-corrected chi connectivity index (χ3v) is 4.45. The molecular weight excluding hydrogens is 412 g/mol. The van der Waals surface area contributed by atoms with Crippen LogP contribution < -0.4 is 4.74 Å². The van der Waals surface area contributed by atoms with Gasteiger partial charge in [0.1, 0.15) is 18.2 Å². The standard InChI is InChI=1S/C24H18F4O3/c25-22-11-8-18(13-19(22)15-23(29)30)17-4-1-5-21(14-17)31-12-2-3-16-6-9-20(10-7-16)24(26,27)28/h1-11,13-14H,12,15H2,(H,29,30)/b3-2+. The van der Waals surface area contributed by atoms with Crippen LogP contribution in [0, 0.1) is 5.82 Å². The lowest BCUT2D eigenvalue weighted by molar-refractivity contribution is -0.138. The Bertz CT molecular complexity index is 1090. The molecule has 0 fully saturated rings. The van der Waals surface area contributed by atoms with E-state index >= 15 is 0 Å². The molecular formula is C24H18F4O3. The molecule has 3 nitrogen and oxygen atoms in total. The highest BCUT2D eigenvalue weighted by molar-refractivity contribution is 5.72. The summed E-state index contributed by atoms with van der Waals surface area (Å²) < 4.78 is 57.2. The highest BCUT2D eigenvalue weighted by Gasteiger charge is 2.29. The summed E-state index contributed by atoms with van der Waals surface area (Å²) in [6.45, 7) is 0.193. The van der Waals surface area contributed by atoms with Crippen molar-refractivity contribution >= 4 is 12.0 Å². The first-order valence-corrected chi connectivity index (χ1v) is 9.29. The number of rotatable bonds is 7. The van der Waals surface area contributed by atoms with E-state index in [2.05, 4.69) is 0 Å². The molecule has 0 unspecified atom stereocenters. The second-order valence-corrected chi connectivity index (χ2v) is 6.74. The number of carboxylic acids is 1. The van der Waals surface area contributed by atoms with Gasteiger partial charge in [-0.2, -0.15) is 13.2 Å². The summed E-state index contributed by atoms with van der Waals surface area (Å²) >= 11 is 0. The van der Waals surface area contributed by atoms with Gasteiger partial charge in [-0.05, 0) is 64.7 Å². The summed E-state index contributed by atoms with van der Waals surface area (Å²) in [6.07, 6.45) is -1.44. The molecule has 0 aliphatic carbocycles. The van der Waals surface area contributed by atoms with Crippen molar-refractivity contribution in [1.29, 1.82) is 0 Å². The van der Waals surface area contributed by atoms with Crippen molar-refractivity contribution in [2.24, 2.45) is 0 Å². The molecule has 0 saturated heterocycles. The minimum Gasteiger partial charge on any atom is -0.490 e. The maximum Gasteiger partial charge on any atom is 0.416 e. The number of aliphatic carboxylic acids is 1. The summed E-state index contributed by atoms with van der Waals surface area (Å²) in [4.78, 5) is 10.9. The number of carboxylic acid groups (broad SMARTS) is 1. The molecule has 0 saturated carbocycles. The molecule has 7 heteroatoms. The summed E-state index contributed by atoms with van der Waals surface area (Å²) in [5, 5.41) is 8.91. The van der Waals surface area contributed by atoms with Crippen molar-refractivity contribution in [1.82, 2.24) is 0 Å². The minimum atomic E-state index is -4.37. The maximum absolute atomic E-state index is 13.8. The van der Waals surface area contributed by atoms with E-state index in [1.807, 2.05) is 0 Å². The largest absolute Gasteiger partial charge is 0.490 e. The normalized spacial score (nSPS) is 11.6. The Morgan fingerprint density at radius 3 is 2.35 bits per heavy atom.